The second-order valence-electron chi connectivity index (χ2n) is 5.86. The van der Waals surface area contributed by atoms with Crippen molar-refractivity contribution in [3.63, 3.8) is 0 Å². The molecule has 3 unspecified atom stereocenters. The van der Waals surface area contributed by atoms with Crippen LogP contribution in [0.4, 0.5) is 0 Å². The van der Waals surface area contributed by atoms with Crippen molar-refractivity contribution in [3.8, 4) is 11.5 Å². The van der Waals surface area contributed by atoms with Gasteiger partial charge in [0.25, 0.3) is 0 Å². The highest BCUT2D eigenvalue weighted by atomic mass is 16.7. The van der Waals surface area contributed by atoms with Crippen molar-refractivity contribution in [2.45, 2.75) is 38.4 Å². The van der Waals surface area contributed by atoms with Gasteiger partial charge in [-0.25, -0.2) is 0 Å². The molecule has 0 radical (unpaired) electrons. The first-order valence-corrected chi connectivity index (χ1v) is 7.69. The number of nitrogens with one attached hydrogen (secondary N) is 2. The van der Waals surface area contributed by atoms with Gasteiger partial charge in [0.2, 0.25) is 6.79 Å². The minimum Gasteiger partial charge on any atom is -0.454 e. The van der Waals surface area contributed by atoms with Crippen LogP contribution in [0.1, 0.15) is 31.9 Å². The van der Waals surface area contributed by atoms with Crippen molar-refractivity contribution in [1.82, 2.24) is 10.6 Å². The summed E-state index contributed by atoms with van der Waals surface area (Å²) in [6.45, 7) is 7.31. The first-order valence-electron chi connectivity index (χ1n) is 7.69. The van der Waals surface area contributed by atoms with E-state index in [4.69, 9.17) is 14.2 Å². The predicted molar refractivity (Wildman–Crippen MR) is 80.8 cm³/mol. The van der Waals surface area contributed by atoms with E-state index in [0.29, 0.717) is 18.9 Å². The standard InChI is InChI=1S/C16H24N2O3/c1-11(7-14-9-19-6-5-17-14)18-12(2)13-3-4-15-16(8-13)21-10-20-15/h3-4,8,11-12,14,17-18H,5-7,9-10H2,1-2H3. The summed E-state index contributed by atoms with van der Waals surface area (Å²) in [5, 5.41) is 7.14. The lowest BCUT2D eigenvalue weighted by atomic mass is 10.0. The fourth-order valence-electron chi connectivity index (χ4n) is 2.97. The molecule has 0 bridgehead atoms. The third kappa shape index (κ3) is 3.67. The molecule has 2 N–H and O–H groups in total. The number of morpholine rings is 1. The van der Waals surface area contributed by atoms with Crippen molar-refractivity contribution in [1.29, 1.82) is 0 Å². The third-order valence-corrected chi connectivity index (χ3v) is 4.07. The van der Waals surface area contributed by atoms with E-state index >= 15 is 0 Å². The van der Waals surface area contributed by atoms with Crippen LogP contribution in [0.25, 0.3) is 0 Å². The van der Waals surface area contributed by atoms with Gasteiger partial charge in [-0.1, -0.05) is 6.07 Å². The molecule has 1 saturated heterocycles. The summed E-state index contributed by atoms with van der Waals surface area (Å²) in [4.78, 5) is 0. The molecule has 21 heavy (non-hydrogen) atoms. The number of hydrogen-bond acceptors (Lipinski definition) is 5. The topological polar surface area (TPSA) is 51.8 Å². The Bertz CT molecular complexity index is 475. The molecule has 2 aliphatic heterocycles. The third-order valence-electron chi connectivity index (χ3n) is 4.07. The molecule has 0 spiro atoms. The van der Waals surface area contributed by atoms with Gasteiger partial charge < -0.3 is 24.8 Å². The van der Waals surface area contributed by atoms with Crippen molar-refractivity contribution >= 4 is 0 Å². The van der Waals surface area contributed by atoms with Gasteiger partial charge in [0.1, 0.15) is 0 Å². The molecule has 1 aromatic rings. The molecule has 1 fully saturated rings. The highest BCUT2D eigenvalue weighted by molar-refractivity contribution is 5.45. The van der Waals surface area contributed by atoms with Crippen LogP contribution < -0.4 is 20.1 Å². The molecular formula is C16H24N2O3. The van der Waals surface area contributed by atoms with Crippen LogP contribution >= 0.6 is 0 Å². The lowest BCUT2D eigenvalue weighted by Crippen LogP contribution is -2.45. The van der Waals surface area contributed by atoms with Crippen LogP contribution in [0.3, 0.4) is 0 Å². The van der Waals surface area contributed by atoms with Crippen LogP contribution in [0.2, 0.25) is 0 Å². The number of fused-ring (bicyclic) bond motifs is 1. The van der Waals surface area contributed by atoms with Crippen molar-refractivity contribution in [3.05, 3.63) is 23.8 Å². The highest BCUT2D eigenvalue weighted by Gasteiger charge is 2.19. The van der Waals surface area contributed by atoms with E-state index in [0.717, 1.165) is 37.7 Å². The van der Waals surface area contributed by atoms with E-state index in [-0.39, 0.29) is 6.04 Å². The summed E-state index contributed by atoms with van der Waals surface area (Å²) >= 11 is 0. The monoisotopic (exact) mass is 292 g/mol. The van der Waals surface area contributed by atoms with E-state index in [1.54, 1.807) is 0 Å². The molecule has 1 aromatic carbocycles. The summed E-state index contributed by atoms with van der Waals surface area (Å²) in [5.74, 6) is 1.68. The van der Waals surface area contributed by atoms with Crippen molar-refractivity contribution < 1.29 is 14.2 Å². The molecular weight excluding hydrogens is 268 g/mol. The minimum absolute atomic E-state index is 0.277. The predicted octanol–water partition coefficient (Wildman–Crippen LogP) is 1.83. The first-order chi connectivity index (χ1) is 10.2. The maximum absolute atomic E-state index is 5.50. The van der Waals surface area contributed by atoms with E-state index in [1.807, 2.05) is 6.07 Å². The summed E-state index contributed by atoms with van der Waals surface area (Å²) in [7, 11) is 0. The summed E-state index contributed by atoms with van der Waals surface area (Å²) in [6, 6.07) is 7.29. The minimum atomic E-state index is 0.277. The fraction of sp³-hybridized carbons (Fsp3) is 0.625. The molecule has 5 heteroatoms. The van der Waals surface area contributed by atoms with Crippen molar-refractivity contribution in [2.75, 3.05) is 26.6 Å². The highest BCUT2D eigenvalue weighted by Crippen LogP contribution is 2.34. The Hall–Kier alpha value is -1.30. The van der Waals surface area contributed by atoms with Crippen LogP contribution in [-0.4, -0.2) is 38.6 Å². The van der Waals surface area contributed by atoms with Gasteiger partial charge in [-0.2, -0.15) is 0 Å². The Balaban J connectivity index is 1.54. The SMILES string of the molecule is CC(CC1COCCN1)NC(C)c1ccc2c(c1)OCO2. The van der Waals surface area contributed by atoms with E-state index in [1.165, 1.54) is 5.56 Å². The van der Waals surface area contributed by atoms with Gasteiger partial charge in [0.05, 0.1) is 13.2 Å². The average Bonchev–Trinajstić information content (AvgIpc) is 2.95. The Labute approximate surface area is 126 Å². The molecule has 3 rings (SSSR count). The smallest absolute Gasteiger partial charge is 0.231 e. The molecule has 5 nitrogen and oxygen atoms in total. The Morgan fingerprint density at radius 3 is 2.95 bits per heavy atom. The molecule has 0 aromatic heterocycles. The van der Waals surface area contributed by atoms with Crippen LogP contribution in [-0.2, 0) is 4.74 Å². The quantitative estimate of drug-likeness (QED) is 0.867. The van der Waals surface area contributed by atoms with E-state index in [9.17, 15) is 0 Å². The molecule has 116 valence electrons. The number of benzene rings is 1. The number of ether oxygens (including phenoxy) is 3. The summed E-state index contributed by atoms with van der Waals surface area (Å²) in [6.07, 6.45) is 1.06. The molecule has 0 aliphatic carbocycles. The van der Waals surface area contributed by atoms with Gasteiger partial charge in [-0.05, 0) is 38.0 Å². The van der Waals surface area contributed by atoms with Gasteiger partial charge >= 0.3 is 0 Å². The normalized spacial score (nSPS) is 23.8. The largest absolute Gasteiger partial charge is 0.454 e. The summed E-state index contributed by atoms with van der Waals surface area (Å²) < 4.78 is 16.3. The van der Waals surface area contributed by atoms with E-state index < -0.39 is 0 Å². The van der Waals surface area contributed by atoms with Gasteiger partial charge in [-0.15, -0.1) is 0 Å². The van der Waals surface area contributed by atoms with E-state index in [2.05, 4.69) is 36.6 Å². The van der Waals surface area contributed by atoms with Gasteiger partial charge in [0, 0.05) is 24.7 Å². The van der Waals surface area contributed by atoms with Crippen LogP contribution in [0.5, 0.6) is 11.5 Å². The Kier molecular flexibility index (Phi) is 4.63. The average molecular weight is 292 g/mol. The molecule has 3 atom stereocenters. The second kappa shape index (κ2) is 6.64. The zero-order valence-electron chi connectivity index (χ0n) is 12.7. The molecule has 2 heterocycles. The summed E-state index contributed by atoms with van der Waals surface area (Å²) in [5.41, 5.74) is 1.22. The second-order valence-corrected chi connectivity index (χ2v) is 5.86. The molecule has 2 aliphatic rings. The maximum Gasteiger partial charge on any atom is 0.231 e. The van der Waals surface area contributed by atoms with Gasteiger partial charge in [-0.3, -0.25) is 0 Å². The zero-order chi connectivity index (χ0) is 14.7. The maximum atomic E-state index is 5.50. The first kappa shape index (κ1) is 14.6. The fourth-order valence-corrected chi connectivity index (χ4v) is 2.97. The van der Waals surface area contributed by atoms with Crippen LogP contribution in [0.15, 0.2) is 18.2 Å². The molecule has 0 saturated carbocycles. The number of hydrogen-bond donors (Lipinski definition) is 2. The lowest BCUT2D eigenvalue weighted by molar-refractivity contribution is 0.0708. The Morgan fingerprint density at radius 2 is 2.14 bits per heavy atom. The number of rotatable bonds is 5. The molecule has 0 amide bonds. The lowest BCUT2D eigenvalue weighted by Gasteiger charge is -2.28. The van der Waals surface area contributed by atoms with Crippen molar-refractivity contribution in [2.24, 2.45) is 0 Å². The van der Waals surface area contributed by atoms with Gasteiger partial charge in [0.15, 0.2) is 11.5 Å². The zero-order valence-corrected chi connectivity index (χ0v) is 12.7. The van der Waals surface area contributed by atoms with Crippen LogP contribution in [0, 0.1) is 0 Å². The Morgan fingerprint density at radius 1 is 1.29 bits per heavy atom.